The number of nitrogens with zero attached hydrogens (tertiary/aromatic N) is 1. The summed E-state index contributed by atoms with van der Waals surface area (Å²) in [7, 11) is 0. The van der Waals surface area contributed by atoms with E-state index in [4.69, 9.17) is 5.73 Å². The maximum atomic E-state index is 12.4. The number of hydrogen-bond acceptors (Lipinski definition) is 2. The summed E-state index contributed by atoms with van der Waals surface area (Å²) in [6.45, 7) is 3.63. The minimum atomic E-state index is -2.53. The second kappa shape index (κ2) is 7.19. The Bertz CT molecular complexity index is 435. The molecule has 5 heteroatoms. The molecule has 0 saturated carbocycles. The van der Waals surface area contributed by atoms with Crippen molar-refractivity contribution in [3.8, 4) is 0 Å². The first-order valence-electron chi connectivity index (χ1n) is 6.26. The molecule has 0 aliphatic carbocycles. The summed E-state index contributed by atoms with van der Waals surface area (Å²) in [5, 5.41) is 0. The van der Waals surface area contributed by atoms with Crippen molar-refractivity contribution in [1.82, 2.24) is 4.90 Å². The molecule has 0 heterocycles. The summed E-state index contributed by atoms with van der Waals surface area (Å²) in [6.07, 6.45) is -2.39. The Labute approximate surface area is 112 Å². The predicted molar refractivity (Wildman–Crippen MR) is 71.3 cm³/mol. The van der Waals surface area contributed by atoms with Crippen LogP contribution in [0.15, 0.2) is 18.2 Å². The maximum Gasteiger partial charge on any atom is 0.255 e. The largest absolute Gasteiger partial charge is 0.335 e. The van der Waals surface area contributed by atoms with E-state index in [0.717, 1.165) is 21.6 Å². The third-order valence-electron chi connectivity index (χ3n) is 2.96. The van der Waals surface area contributed by atoms with Gasteiger partial charge >= 0.3 is 0 Å². The van der Waals surface area contributed by atoms with Crippen molar-refractivity contribution in [3.63, 3.8) is 0 Å². The highest BCUT2D eigenvalue weighted by atomic mass is 19.3. The molecule has 0 radical (unpaired) electrons. The van der Waals surface area contributed by atoms with Crippen LogP contribution in [0.3, 0.4) is 0 Å². The number of aryl methyl sites for hydroxylation is 2. The fraction of sp³-hybridized carbons (Fsp3) is 0.500. The highest BCUT2D eigenvalue weighted by molar-refractivity contribution is 5.79. The number of hydrogen-bond donors (Lipinski definition) is 1. The number of amides is 1. The molecule has 0 spiro atoms. The lowest BCUT2D eigenvalue weighted by atomic mass is 10.0. The van der Waals surface area contributed by atoms with Gasteiger partial charge < -0.3 is 10.6 Å². The van der Waals surface area contributed by atoms with Gasteiger partial charge in [-0.15, -0.1) is 0 Å². The second-order valence-electron chi connectivity index (χ2n) is 4.63. The van der Waals surface area contributed by atoms with E-state index in [9.17, 15) is 13.6 Å². The molecule has 106 valence electrons. The number of carbonyl (C=O) groups is 1. The molecular formula is C14H20F2N2O. The third-order valence-corrected chi connectivity index (χ3v) is 2.96. The van der Waals surface area contributed by atoms with Crippen LogP contribution in [0.2, 0.25) is 0 Å². The van der Waals surface area contributed by atoms with Crippen molar-refractivity contribution in [2.45, 2.75) is 26.7 Å². The molecular weight excluding hydrogens is 250 g/mol. The van der Waals surface area contributed by atoms with E-state index >= 15 is 0 Å². The Hall–Kier alpha value is -1.49. The van der Waals surface area contributed by atoms with Crippen molar-refractivity contribution in [1.29, 1.82) is 0 Å². The molecule has 0 unspecified atom stereocenters. The molecule has 0 aliphatic rings. The summed E-state index contributed by atoms with van der Waals surface area (Å²) in [6, 6.07) is 5.80. The fourth-order valence-electron chi connectivity index (χ4n) is 1.91. The molecule has 3 nitrogen and oxygen atoms in total. The molecule has 1 aromatic rings. The van der Waals surface area contributed by atoms with Gasteiger partial charge in [-0.2, -0.15) is 0 Å². The van der Waals surface area contributed by atoms with Crippen molar-refractivity contribution in [2.75, 3.05) is 19.6 Å². The van der Waals surface area contributed by atoms with Crippen molar-refractivity contribution in [3.05, 3.63) is 34.9 Å². The zero-order valence-electron chi connectivity index (χ0n) is 11.3. The molecule has 0 fully saturated rings. The number of benzene rings is 1. The minimum Gasteiger partial charge on any atom is -0.335 e. The van der Waals surface area contributed by atoms with Gasteiger partial charge in [0.15, 0.2) is 0 Å². The maximum absolute atomic E-state index is 12.4. The van der Waals surface area contributed by atoms with Gasteiger partial charge in [0.05, 0.1) is 13.0 Å². The summed E-state index contributed by atoms with van der Waals surface area (Å²) in [5.41, 5.74) is 8.27. The lowest BCUT2D eigenvalue weighted by molar-refractivity contribution is -0.132. The van der Waals surface area contributed by atoms with Gasteiger partial charge in [-0.1, -0.05) is 23.8 Å². The van der Waals surface area contributed by atoms with E-state index in [-0.39, 0.29) is 25.4 Å². The Morgan fingerprint density at radius 1 is 1.37 bits per heavy atom. The summed E-state index contributed by atoms with van der Waals surface area (Å²) >= 11 is 0. The number of alkyl halides is 2. The minimum absolute atomic E-state index is 0.139. The normalized spacial score (nSPS) is 10.8. The molecule has 0 aliphatic heterocycles. The van der Waals surface area contributed by atoms with Crippen LogP contribution in [0.25, 0.3) is 0 Å². The van der Waals surface area contributed by atoms with Crippen LogP contribution in [-0.2, 0) is 11.2 Å². The first-order valence-corrected chi connectivity index (χ1v) is 6.26. The van der Waals surface area contributed by atoms with E-state index in [0.29, 0.717) is 0 Å². The predicted octanol–water partition coefficient (Wildman–Crippen LogP) is 1.90. The smallest absolute Gasteiger partial charge is 0.255 e. The first-order chi connectivity index (χ1) is 8.93. The van der Waals surface area contributed by atoms with Crippen LogP contribution in [0, 0.1) is 13.8 Å². The van der Waals surface area contributed by atoms with Gasteiger partial charge in [-0.25, -0.2) is 8.78 Å². The Balaban J connectivity index is 2.77. The van der Waals surface area contributed by atoms with Crippen LogP contribution in [0.4, 0.5) is 8.78 Å². The standard InChI is InChI=1S/C14H20F2N2O/c1-10-3-4-11(2)12(7-10)8-14(19)18(6-5-17)9-13(15)16/h3-4,7,13H,5-6,8-9,17H2,1-2H3. The highest BCUT2D eigenvalue weighted by Crippen LogP contribution is 2.13. The van der Waals surface area contributed by atoms with E-state index < -0.39 is 13.0 Å². The van der Waals surface area contributed by atoms with E-state index in [1.54, 1.807) is 0 Å². The Morgan fingerprint density at radius 3 is 2.63 bits per heavy atom. The van der Waals surface area contributed by atoms with Crippen LogP contribution in [0.5, 0.6) is 0 Å². The van der Waals surface area contributed by atoms with Crippen LogP contribution in [-0.4, -0.2) is 36.9 Å². The van der Waals surface area contributed by atoms with Crippen molar-refractivity contribution < 1.29 is 13.6 Å². The zero-order chi connectivity index (χ0) is 14.4. The topological polar surface area (TPSA) is 46.3 Å². The lowest BCUT2D eigenvalue weighted by Gasteiger charge is -2.22. The van der Waals surface area contributed by atoms with E-state index in [2.05, 4.69) is 0 Å². The summed E-state index contributed by atoms with van der Waals surface area (Å²) < 4.78 is 24.8. The van der Waals surface area contributed by atoms with Gasteiger partial charge in [0.2, 0.25) is 5.91 Å². The van der Waals surface area contributed by atoms with Gasteiger partial charge in [-0.3, -0.25) is 4.79 Å². The molecule has 1 aromatic carbocycles. The molecule has 1 rings (SSSR count). The second-order valence-corrected chi connectivity index (χ2v) is 4.63. The van der Waals surface area contributed by atoms with Crippen LogP contribution >= 0.6 is 0 Å². The van der Waals surface area contributed by atoms with Crippen LogP contribution < -0.4 is 5.73 Å². The molecule has 0 aromatic heterocycles. The highest BCUT2D eigenvalue weighted by Gasteiger charge is 2.18. The quantitative estimate of drug-likeness (QED) is 0.858. The van der Waals surface area contributed by atoms with Crippen molar-refractivity contribution >= 4 is 5.91 Å². The number of carbonyl (C=O) groups excluding carboxylic acids is 1. The number of halogens is 2. The molecule has 0 bridgehead atoms. The number of rotatable bonds is 6. The fourth-order valence-corrected chi connectivity index (χ4v) is 1.91. The lowest BCUT2D eigenvalue weighted by Crippen LogP contribution is -2.39. The molecule has 2 N–H and O–H groups in total. The van der Waals surface area contributed by atoms with E-state index in [1.807, 2.05) is 32.0 Å². The van der Waals surface area contributed by atoms with E-state index in [1.165, 1.54) is 0 Å². The average Bonchev–Trinajstić information content (AvgIpc) is 2.32. The van der Waals surface area contributed by atoms with Crippen molar-refractivity contribution in [2.24, 2.45) is 5.73 Å². The molecule has 19 heavy (non-hydrogen) atoms. The monoisotopic (exact) mass is 270 g/mol. The molecule has 1 amide bonds. The van der Waals surface area contributed by atoms with Gasteiger partial charge in [0, 0.05) is 13.1 Å². The zero-order valence-corrected chi connectivity index (χ0v) is 11.3. The van der Waals surface area contributed by atoms with Crippen LogP contribution in [0.1, 0.15) is 16.7 Å². The van der Waals surface area contributed by atoms with Gasteiger partial charge in [0.1, 0.15) is 0 Å². The van der Waals surface area contributed by atoms with Gasteiger partial charge in [0.25, 0.3) is 6.43 Å². The Kier molecular flexibility index (Phi) is 5.89. The summed E-state index contributed by atoms with van der Waals surface area (Å²) in [5.74, 6) is -0.306. The third kappa shape index (κ3) is 4.95. The number of nitrogens with two attached hydrogens (primary N) is 1. The molecule has 0 atom stereocenters. The first kappa shape index (κ1) is 15.6. The molecule has 0 saturated heterocycles. The average molecular weight is 270 g/mol. The summed E-state index contributed by atoms with van der Waals surface area (Å²) in [4.78, 5) is 13.2. The Morgan fingerprint density at radius 2 is 2.05 bits per heavy atom. The van der Waals surface area contributed by atoms with Gasteiger partial charge in [-0.05, 0) is 25.0 Å². The SMILES string of the molecule is Cc1ccc(C)c(CC(=O)N(CCN)CC(F)F)c1.